The van der Waals surface area contributed by atoms with Crippen molar-refractivity contribution < 1.29 is 31.1 Å². The van der Waals surface area contributed by atoms with E-state index < -0.39 is 26.0 Å². The zero-order chi connectivity index (χ0) is 23.5. The third kappa shape index (κ3) is 5.70. The molecule has 2 aromatic rings. The minimum atomic E-state index is -3.87. The van der Waals surface area contributed by atoms with Gasteiger partial charge in [0.15, 0.2) is 0 Å². The van der Waals surface area contributed by atoms with Gasteiger partial charge >= 0.3 is 0 Å². The molecule has 1 aliphatic rings. The molecule has 2 N–H and O–H groups in total. The van der Waals surface area contributed by atoms with Gasteiger partial charge in [0.25, 0.3) is 5.91 Å². The van der Waals surface area contributed by atoms with E-state index in [0.717, 1.165) is 6.26 Å². The number of sulfonamides is 2. The average molecular weight is 504 g/mol. The van der Waals surface area contributed by atoms with Crippen LogP contribution in [0.15, 0.2) is 41.3 Å². The SMILES string of the molecule is COc1ccc(NC(=O)c2ccc(NS(C)(=O)=O)c(Cl)c2)cc1S(=O)(=O)N1CCOCC1. The molecule has 1 amide bonds. The minimum absolute atomic E-state index is 0.0355. The Labute approximate surface area is 191 Å². The van der Waals surface area contributed by atoms with Gasteiger partial charge in [0.05, 0.1) is 37.3 Å². The van der Waals surface area contributed by atoms with E-state index in [1.54, 1.807) is 0 Å². The highest BCUT2D eigenvalue weighted by molar-refractivity contribution is 7.92. The number of anilines is 2. The zero-order valence-corrected chi connectivity index (χ0v) is 19.7. The molecule has 0 atom stereocenters. The van der Waals surface area contributed by atoms with Crippen molar-refractivity contribution in [2.75, 3.05) is 49.7 Å². The van der Waals surface area contributed by atoms with Gasteiger partial charge in [-0.25, -0.2) is 16.8 Å². The van der Waals surface area contributed by atoms with Gasteiger partial charge in [-0.2, -0.15) is 4.31 Å². The molecule has 0 bridgehead atoms. The van der Waals surface area contributed by atoms with Crippen LogP contribution in [0.4, 0.5) is 11.4 Å². The highest BCUT2D eigenvalue weighted by Gasteiger charge is 2.29. The topological polar surface area (TPSA) is 131 Å². The van der Waals surface area contributed by atoms with Gasteiger partial charge in [0, 0.05) is 24.3 Å². The molecule has 3 rings (SSSR count). The van der Waals surface area contributed by atoms with Crippen molar-refractivity contribution in [1.82, 2.24) is 4.31 Å². The van der Waals surface area contributed by atoms with Crippen LogP contribution < -0.4 is 14.8 Å². The number of benzene rings is 2. The standard InChI is InChI=1S/C19H22ClN3O7S2/c1-29-17-6-4-14(12-18(17)32(27,28)23-7-9-30-10-8-23)21-19(24)13-3-5-16(15(20)11-13)22-31(2,25)26/h3-6,11-12,22H,7-10H2,1-2H3,(H,21,24). The monoisotopic (exact) mass is 503 g/mol. The fourth-order valence-corrected chi connectivity index (χ4v) is 5.47. The van der Waals surface area contributed by atoms with Crippen molar-refractivity contribution >= 4 is 48.9 Å². The number of carbonyl (C=O) groups excluding carboxylic acids is 1. The first kappa shape index (κ1) is 24.3. The number of halogens is 1. The van der Waals surface area contributed by atoms with Crippen LogP contribution in [-0.4, -0.2) is 66.7 Å². The molecule has 1 heterocycles. The van der Waals surface area contributed by atoms with Gasteiger partial charge in [-0.1, -0.05) is 11.6 Å². The summed E-state index contributed by atoms with van der Waals surface area (Å²) in [5.74, 6) is -0.411. The predicted octanol–water partition coefficient (Wildman–Crippen LogP) is 1.99. The third-order valence-corrected chi connectivity index (χ3v) is 7.36. The molecule has 0 radical (unpaired) electrons. The number of carbonyl (C=O) groups is 1. The summed E-state index contributed by atoms with van der Waals surface area (Å²) in [6.45, 7) is 1.02. The highest BCUT2D eigenvalue weighted by atomic mass is 35.5. The molecular weight excluding hydrogens is 482 g/mol. The molecule has 174 valence electrons. The first-order chi connectivity index (χ1) is 15.0. The summed E-state index contributed by atoms with van der Waals surface area (Å²) in [5.41, 5.74) is 0.522. The van der Waals surface area contributed by atoms with E-state index in [1.807, 2.05) is 0 Å². The molecular formula is C19H22ClN3O7S2. The van der Waals surface area contributed by atoms with E-state index in [-0.39, 0.29) is 45.7 Å². The molecule has 1 fully saturated rings. The Bertz CT molecular complexity index is 1230. The Morgan fingerprint density at radius 1 is 1.09 bits per heavy atom. The number of amides is 1. The number of nitrogens with zero attached hydrogens (tertiary/aromatic N) is 1. The molecule has 0 saturated carbocycles. The summed E-state index contributed by atoms with van der Waals surface area (Å²) in [6.07, 6.45) is 0.982. The quantitative estimate of drug-likeness (QED) is 0.590. The Kier molecular flexibility index (Phi) is 7.30. The largest absolute Gasteiger partial charge is 0.495 e. The van der Waals surface area contributed by atoms with Gasteiger partial charge in [0.2, 0.25) is 20.0 Å². The number of rotatable bonds is 7. The van der Waals surface area contributed by atoms with Crippen LogP contribution in [0.2, 0.25) is 5.02 Å². The Hall–Kier alpha value is -2.38. The number of hydrogen-bond acceptors (Lipinski definition) is 7. The Morgan fingerprint density at radius 2 is 1.78 bits per heavy atom. The van der Waals surface area contributed by atoms with Crippen molar-refractivity contribution in [3.05, 3.63) is 47.0 Å². The van der Waals surface area contributed by atoms with Crippen molar-refractivity contribution in [3.8, 4) is 5.75 Å². The lowest BCUT2D eigenvalue weighted by Gasteiger charge is -2.26. The number of morpholine rings is 1. The number of nitrogens with one attached hydrogen (secondary N) is 2. The van der Waals surface area contributed by atoms with E-state index in [2.05, 4.69) is 10.0 Å². The fraction of sp³-hybridized carbons (Fsp3) is 0.316. The van der Waals surface area contributed by atoms with Gasteiger partial charge in [-0.3, -0.25) is 9.52 Å². The van der Waals surface area contributed by atoms with Crippen molar-refractivity contribution in [2.24, 2.45) is 0 Å². The summed E-state index contributed by atoms with van der Waals surface area (Å²) >= 11 is 6.07. The zero-order valence-electron chi connectivity index (χ0n) is 17.3. The van der Waals surface area contributed by atoms with Crippen molar-refractivity contribution in [1.29, 1.82) is 0 Å². The molecule has 0 unspecified atom stereocenters. The van der Waals surface area contributed by atoms with Crippen LogP contribution in [0.5, 0.6) is 5.75 Å². The lowest BCUT2D eigenvalue weighted by molar-refractivity contribution is 0.0729. The normalized spacial score (nSPS) is 15.2. The maximum Gasteiger partial charge on any atom is 0.255 e. The van der Waals surface area contributed by atoms with Crippen LogP contribution in [0.1, 0.15) is 10.4 Å². The summed E-state index contributed by atoms with van der Waals surface area (Å²) in [7, 11) is -6.04. The molecule has 0 aliphatic carbocycles. The van der Waals surface area contributed by atoms with Crippen LogP contribution >= 0.6 is 11.6 Å². The second-order valence-corrected chi connectivity index (χ2v) is 11.0. The number of ether oxygens (including phenoxy) is 2. The van der Waals surface area contributed by atoms with Crippen LogP contribution in [-0.2, 0) is 24.8 Å². The van der Waals surface area contributed by atoms with E-state index in [0.29, 0.717) is 13.2 Å². The number of hydrogen-bond donors (Lipinski definition) is 2. The number of methoxy groups -OCH3 is 1. The summed E-state index contributed by atoms with van der Waals surface area (Å²) < 4.78 is 62.9. The summed E-state index contributed by atoms with van der Waals surface area (Å²) in [4.78, 5) is 12.6. The van der Waals surface area contributed by atoms with E-state index in [4.69, 9.17) is 21.1 Å². The average Bonchev–Trinajstić information content (AvgIpc) is 2.74. The van der Waals surface area contributed by atoms with E-state index in [1.165, 1.54) is 47.8 Å². The van der Waals surface area contributed by atoms with Crippen LogP contribution in [0, 0.1) is 0 Å². The van der Waals surface area contributed by atoms with E-state index >= 15 is 0 Å². The highest BCUT2D eigenvalue weighted by Crippen LogP contribution is 2.31. The molecule has 32 heavy (non-hydrogen) atoms. The van der Waals surface area contributed by atoms with Gasteiger partial charge in [-0.05, 0) is 36.4 Å². The second kappa shape index (κ2) is 9.63. The fourth-order valence-electron chi connectivity index (χ4n) is 3.02. The van der Waals surface area contributed by atoms with Gasteiger partial charge in [0.1, 0.15) is 10.6 Å². The van der Waals surface area contributed by atoms with E-state index in [9.17, 15) is 21.6 Å². The molecule has 1 aliphatic heterocycles. The van der Waals surface area contributed by atoms with Crippen molar-refractivity contribution in [2.45, 2.75) is 4.90 Å². The maximum absolute atomic E-state index is 13.1. The first-order valence-corrected chi connectivity index (χ1v) is 13.1. The lowest BCUT2D eigenvalue weighted by atomic mass is 10.2. The summed E-state index contributed by atoms with van der Waals surface area (Å²) in [5, 5.41) is 2.66. The minimum Gasteiger partial charge on any atom is -0.495 e. The molecule has 2 aromatic carbocycles. The maximum atomic E-state index is 13.1. The smallest absolute Gasteiger partial charge is 0.255 e. The summed E-state index contributed by atoms with van der Waals surface area (Å²) in [6, 6.07) is 8.34. The second-order valence-electron chi connectivity index (χ2n) is 6.91. The molecule has 13 heteroatoms. The third-order valence-electron chi connectivity index (χ3n) is 4.54. The van der Waals surface area contributed by atoms with Gasteiger partial charge < -0.3 is 14.8 Å². The van der Waals surface area contributed by atoms with Crippen LogP contribution in [0.3, 0.4) is 0 Å². The molecule has 0 aromatic heterocycles. The molecule has 10 nitrogen and oxygen atoms in total. The lowest BCUT2D eigenvalue weighted by Crippen LogP contribution is -2.40. The Morgan fingerprint density at radius 3 is 2.38 bits per heavy atom. The molecule has 0 spiro atoms. The van der Waals surface area contributed by atoms with Gasteiger partial charge in [-0.15, -0.1) is 0 Å². The predicted molar refractivity (Wildman–Crippen MR) is 120 cm³/mol. The first-order valence-electron chi connectivity index (χ1n) is 9.36. The van der Waals surface area contributed by atoms with Crippen molar-refractivity contribution in [3.63, 3.8) is 0 Å². The Balaban J connectivity index is 1.85. The van der Waals surface area contributed by atoms with Crippen LogP contribution in [0.25, 0.3) is 0 Å². The molecule has 1 saturated heterocycles.